The van der Waals surface area contributed by atoms with Crippen molar-refractivity contribution in [3.05, 3.63) is 0 Å². The Labute approximate surface area is 82.1 Å². The maximum Gasteiger partial charge on any atom is 0.153 e. The Morgan fingerprint density at radius 2 is 2.00 bits per heavy atom. The predicted molar refractivity (Wildman–Crippen MR) is 53.0 cm³/mol. The molecule has 1 heterocycles. The number of rotatable bonds is 2. The van der Waals surface area contributed by atoms with Crippen LogP contribution in [-0.2, 0) is 15.8 Å². The van der Waals surface area contributed by atoms with Crippen LogP contribution in [0.5, 0.6) is 0 Å². The average Bonchev–Trinajstić information content (AvgIpc) is 1.98. The minimum atomic E-state index is -1.72. The topological polar surface area (TPSA) is 46.5 Å². The van der Waals surface area contributed by atoms with Crippen LogP contribution in [-0.4, -0.2) is 25.7 Å². The lowest BCUT2D eigenvalue weighted by Gasteiger charge is -2.26. The van der Waals surface area contributed by atoms with E-state index in [1.807, 2.05) is 27.7 Å². The summed E-state index contributed by atoms with van der Waals surface area (Å²) in [6.45, 7) is 8.02. The van der Waals surface area contributed by atoms with Crippen LogP contribution >= 0.6 is 0 Å². The number of ether oxygens (including phenoxy) is 1. The van der Waals surface area contributed by atoms with E-state index in [-0.39, 0.29) is 17.1 Å². The van der Waals surface area contributed by atoms with Gasteiger partial charge in [-0.25, -0.2) is 4.21 Å². The molecule has 4 heteroatoms. The van der Waals surface area contributed by atoms with Gasteiger partial charge in [0.25, 0.3) is 0 Å². The first-order valence-corrected chi connectivity index (χ1v) is 5.78. The third kappa shape index (κ3) is 2.76. The van der Waals surface area contributed by atoms with Crippen molar-refractivity contribution in [1.29, 1.82) is 0 Å². The monoisotopic (exact) mass is 206 g/mol. The fourth-order valence-electron chi connectivity index (χ4n) is 2.11. The maximum absolute atomic E-state index is 10.7. The summed E-state index contributed by atoms with van der Waals surface area (Å²) < 4.78 is 25.3. The molecule has 3 nitrogen and oxygen atoms in total. The van der Waals surface area contributed by atoms with Crippen molar-refractivity contribution in [2.24, 2.45) is 5.92 Å². The molecule has 13 heavy (non-hydrogen) atoms. The molecule has 0 aromatic carbocycles. The van der Waals surface area contributed by atoms with Crippen LogP contribution in [0.4, 0.5) is 0 Å². The summed E-state index contributed by atoms with van der Waals surface area (Å²) in [5.41, 5.74) is -0.435. The van der Waals surface area contributed by atoms with E-state index in [1.165, 1.54) is 0 Å². The highest BCUT2D eigenvalue weighted by Crippen LogP contribution is 2.41. The summed E-state index contributed by atoms with van der Waals surface area (Å²) in [6.07, 6.45) is 0.853. The Kier molecular flexibility index (Phi) is 2.86. The van der Waals surface area contributed by atoms with Crippen LogP contribution in [0, 0.1) is 5.92 Å². The van der Waals surface area contributed by atoms with Crippen LogP contribution in [0.25, 0.3) is 0 Å². The molecule has 0 aromatic heterocycles. The van der Waals surface area contributed by atoms with Crippen molar-refractivity contribution in [3.8, 4) is 0 Å². The number of hydrogen-bond donors (Lipinski definition) is 1. The molecule has 0 spiro atoms. The van der Waals surface area contributed by atoms with Gasteiger partial charge in [-0.1, -0.05) is 0 Å². The molecule has 0 bridgehead atoms. The Bertz CT molecular complexity index is 223. The molecule has 0 saturated carbocycles. The molecule has 78 valence electrons. The van der Waals surface area contributed by atoms with Gasteiger partial charge in [0.2, 0.25) is 0 Å². The van der Waals surface area contributed by atoms with Crippen molar-refractivity contribution >= 4 is 11.1 Å². The second-order valence-electron chi connectivity index (χ2n) is 4.85. The van der Waals surface area contributed by atoms with Crippen molar-refractivity contribution in [2.75, 3.05) is 5.75 Å². The van der Waals surface area contributed by atoms with Gasteiger partial charge in [-0.05, 0) is 34.1 Å². The minimum Gasteiger partial charge on any atom is -0.369 e. The lowest BCUT2D eigenvalue weighted by molar-refractivity contribution is -0.0726. The summed E-state index contributed by atoms with van der Waals surface area (Å²) >= 11 is -1.72. The van der Waals surface area contributed by atoms with E-state index in [0.29, 0.717) is 5.75 Å². The summed E-state index contributed by atoms with van der Waals surface area (Å²) in [6, 6.07) is 0. The Balaban J connectivity index is 2.70. The first-order chi connectivity index (χ1) is 5.73. The van der Waals surface area contributed by atoms with E-state index < -0.39 is 11.1 Å². The third-order valence-corrected chi connectivity index (χ3v) is 3.29. The average molecular weight is 206 g/mol. The Morgan fingerprint density at radius 1 is 1.46 bits per heavy atom. The summed E-state index contributed by atoms with van der Waals surface area (Å²) in [7, 11) is 0. The van der Waals surface area contributed by atoms with Gasteiger partial charge in [0, 0.05) is 5.92 Å². The van der Waals surface area contributed by atoms with E-state index in [2.05, 4.69) is 0 Å². The normalized spacial score (nSPS) is 33.2. The van der Waals surface area contributed by atoms with Crippen LogP contribution < -0.4 is 0 Å². The van der Waals surface area contributed by atoms with Crippen molar-refractivity contribution in [3.63, 3.8) is 0 Å². The highest BCUT2D eigenvalue weighted by Gasteiger charge is 2.46. The molecule has 0 radical (unpaired) electrons. The molecule has 1 N–H and O–H groups in total. The Morgan fingerprint density at radius 3 is 2.31 bits per heavy atom. The minimum absolute atomic E-state index is 0.159. The standard InChI is InChI=1S/C9H18O3S/c1-8(2)5-7(6-13(10)11)9(3,4)12-8/h7H,5-6H2,1-4H3,(H,10,11). The number of hydrogen-bond acceptors (Lipinski definition) is 2. The molecule has 0 aliphatic carbocycles. The SMILES string of the molecule is CC1(C)CC(CS(=O)O)C(C)(C)O1. The van der Waals surface area contributed by atoms with E-state index in [4.69, 9.17) is 9.29 Å². The molecule has 2 atom stereocenters. The zero-order valence-corrected chi connectivity index (χ0v) is 9.48. The Hall–Kier alpha value is 0.0700. The summed E-state index contributed by atoms with van der Waals surface area (Å²) in [4.78, 5) is 0. The third-order valence-electron chi connectivity index (χ3n) is 2.60. The first-order valence-electron chi connectivity index (χ1n) is 4.50. The van der Waals surface area contributed by atoms with Gasteiger partial charge >= 0.3 is 0 Å². The molecule has 1 saturated heterocycles. The summed E-state index contributed by atoms with van der Waals surface area (Å²) in [5, 5.41) is 0. The molecule has 1 fully saturated rings. The van der Waals surface area contributed by atoms with E-state index in [1.54, 1.807) is 0 Å². The first kappa shape index (κ1) is 11.1. The lowest BCUT2D eigenvalue weighted by atomic mass is 9.89. The van der Waals surface area contributed by atoms with E-state index in [9.17, 15) is 4.21 Å². The molecule has 2 unspecified atom stereocenters. The molecule has 0 aromatic rings. The van der Waals surface area contributed by atoms with Gasteiger partial charge in [0.15, 0.2) is 11.1 Å². The largest absolute Gasteiger partial charge is 0.369 e. The highest BCUT2D eigenvalue weighted by molar-refractivity contribution is 7.79. The molecular formula is C9H18O3S. The van der Waals surface area contributed by atoms with Crippen molar-refractivity contribution < 1.29 is 13.5 Å². The maximum atomic E-state index is 10.7. The van der Waals surface area contributed by atoms with Gasteiger partial charge in [-0.3, -0.25) is 0 Å². The summed E-state index contributed by atoms with van der Waals surface area (Å²) in [5.74, 6) is 0.490. The van der Waals surface area contributed by atoms with Gasteiger partial charge in [-0.15, -0.1) is 0 Å². The quantitative estimate of drug-likeness (QED) is 0.701. The second-order valence-corrected chi connectivity index (χ2v) is 5.83. The van der Waals surface area contributed by atoms with Crippen LogP contribution in [0.3, 0.4) is 0 Å². The molecule has 1 rings (SSSR count). The second kappa shape index (κ2) is 3.33. The zero-order valence-electron chi connectivity index (χ0n) is 8.66. The van der Waals surface area contributed by atoms with Crippen molar-refractivity contribution in [1.82, 2.24) is 0 Å². The fraction of sp³-hybridized carbons (Fsp3) is 1.00. The molecule has 1 aliphatic heterocycles. The highest BCUT2D eigenvalue weighted by atomic mass is 32.2. The van der Waals surface area contributed by atoms with Gasteiger partial charge in [0.05, 0.1) is 17.0 Å². The molecule has 0 amide bonds. The van der Waals surface area contributed by atoms with Gasteiger partial charge in [-0.2, -0.15) is 0 Å². The molecule has 1 aliphatic rings. The van der Waals surface area contributed by atoms with Crippen molar-refractivity contribution in [2.45, 2.75) is 45.3 Å². The van der Waals surface area contributed by atoms with Gasteiger partial charge < -0.3 is 9.29 Å². The fourth-order valence-corrected chi connectivity index (χ4v) is 2.97. The van der Waals surface area contributed by atoms with E-state index in [0.717, 1.165) is 6.42 Å². The van der Waals surface area contributed by atoms with Crippen LogP contribution in [0.2, 0.25) is 0 Å². The van der Waals surface area contributed by atoms with Gasteiger partial charge in [0.1, 0.15) is 0 Å². The van der Waals surface area contributed by atoms with Crippen LogP contribution in [0.1, 0.15) is 34.1 Å². The van der Waals surface area contributed by atoms with E-state index >= 15 is 0 Å². The molecular weight excluding hydrogens is 188 g/mol. The predicted octanol–water partition coefficient (Wildman–Crippen LogP) is 1.80. The zero-order chi connectivity index (χ0) is 10.3. The van der Waals surface area contributed by atoms with Crippen LogP contribution in [0.15, 0.2) is 0 Å². The smallest absolute Gasteiger partial charge is 0.153 e. The lowest BCUT2D eigenvalue weighted by Crippen LogP contribution is -2.32.